The topological polar surface area (TPSA) is 58.2 Å². The van der Waals surface area contributed by atoms with E-state index in [1.807, 2.05) is 19.1 Å². The second kappa shape index (κ2) is 6.90. The van der Waals surface area contributed by atoms with Crippen molar-refractivity contribution >= 4 is 34.8 Å². The highest BCUT2D eigenvalue weighted by Gasteiger charge is 2.08. The lowest BCUT2D eigenvalue weighted by Crippen LogP contribution is -2.15. The van der Waals surface area contributed by atoms with Gasteiger partial charge in [0.05, 0.1) is 0 Å². The quantitative estimate of drug-likeness (QED) is 0.850. The number of aryl methyl sites for hydroxylation is 1. The molecule has 4 nitrogen and oxygen atoms in total. The number of rotatable bonds is 4. The molecule has 5 heteroatoms. The molecule has 0 saturated heterocycles. The summed E-state index contributed by atoms with van der Waals surface area (Å²) < 4.78 is 0. The van der Waals surface area contributed by atoms with E-state index in [2.05, 4.69) is 10.6 Å². The Morgan fingerprint density at radius 3 is 2.43 bits per heavy atom. The van der Waals surface area contributed by atoms with Gasteiger partial charge in [0.1, 0.15) is 5.88 Å². The van der Waals surface area contributed by atoms with E-state index in [-0.39, 0.29) is 17.7 Å². The lowest BCUT2D eigenvalue weighted by Gasteiger charge is -2.11. The van der Waals surface area contributed by atoms with Crippen LogP contribution in [-0.4, -0.2) is 17.7 Å². The van der Waals surface area contributed by atoms with Gasteiger partial charge in [-0.05, 0) is 36.8 Å². The number of benzene rings is 2. The van der Waals surface area contributed by atoms with E-state index in [0.717, 1.165) is 5.56 Å². The third-order valence-corrected chi connectivity index (χ3v) is 3.17. The molecule has 0 aliphatic carbocycles. The predicted octanol–water partition coefficient (Wildman–Crippen LogP) is 3.42. The fraction of sp³-hybridized carbons (Fsp3) is 0.125. The van der Waals surface area contributed by atoms with E-state index >= 15 is 0 Å². The van der Waals surface area contributed by atoms with Gasteiger partial charge < -0.3 is 10.6 Å². The second-order valence-corrected chi connectivity index (χ2v) is 4.80. The summed E-state index contributed by atoms with van der Waals surface area (Å²) in [6, 6.07) is 14.2. The van der Waals surface area contributed by atoms with Gasteiger partial charge in [0.15, 0.2) is 0 Å². The number of carbonyl (C=O) groups is 2. The molecule has 21 heavy (non-hydrogen) atoms. The van der Waals surface area contributed by atoms with Crippen LogP contribution in [0.4, 0.5) is 11.4 Å². The molecule has 2 aromatic rings. The van der Waals surface area contributed by atoms with Gasteiger partial charge in [-0.1, -0.05) is 24.3 Å². The summed E-state index contributed by atoms with van der Waals surface area (Å²) in [6.45, 7) is 1.88. The van der Waals surface area contributed by atoms with E-state index in [1.54, 1.807) is 36.4 Å². The summed E-state index contributed by atoms with van der Waals surface area (Å²) in [5.74, 6) is -0.597. The molecule has 2 aromatic carbocycles. The van der Waals surface area contributed by atoms with Crippen LogP contribution in [0.5, 0.6) is 0 Å². The van der Waals surface area contributed by atoms with Gasteiger partial charge in [-0.3, -0.25) is 9.59 Å². The standard InChI is InChI=1S/C16H15ClN2O2/c1-11-7-8-13(18-15(20)10-17)9-14(11)19-16(21)12-5-3-2-4-6-12/h2-9H,10H2,1H3,(H,18,20)(H,19,21). The van der Waals surface area contributed by atoms with Gasteiger partial charge in [0, 0.05) is 16.9 Å². The summed E-state index contributed by atoms with van der Waals surface area (Å²) in [6.07, 6.45) is 0. The number of anilines is 2. The zero-order valence-electron chi connectivity index (χ0n) is 11.5. The molecule has 0 unspecified atom stereocenters. The molecule has 0 radical (unpaired) electrons. The van der Waals surface area contributed by atoms with E-state index in [9.17, 15) is 9.59 Å². The van der Waals surface area contributed by atoms with Crippen molar-refractivity contribution in [3.05, 3.63) is 59.7 Å². The molecule has 0 aliphatic rings. The fourth-order valence-electron chi connectivity index (χ4n) is 1.81. The molecule has 108 valence electrons. The van der Waals surface area contributed by atoms with Crippen molar-refractivity contribution in [1.82, 2.24) is 0 Å². The summed E-state index contributed by atoms with van der Waals surface area (Å²) in [5.41, 5.74) is 2.72. The molecule has 0 bridgehead atoms. The summed E-state index contributed by atoms with van der Waals surface area (Å²) in [7, 11) is 0. The minimum Gasteiger partial charge on any atom is -0.325 e. The van der Waals surface area contributed by atoms with E-state index in [0.29, 0.717) is 16.9 Å². The van der Waals surface area contributed by atoms with Gasteiger partial charge in [0.25, 0.3) is 5.91 Å². The maximum atomic E-state index is 12.1. The molecule has 0 aliphatic heterocycles. The lowest BCUT2D eigenvalue weighted by atomic mass is 10.1. The number of nitrogens with one attached hydrogen (secondary N) is 2. The lowest BCUT2D eigenvalue weighted by molar-refractivity contribution is -0.113. The number of alkyl halides is 1. The molecule has 0 fully saturated rings. The van der Waals surface area contributed by atoms with Crippen LogP contribution < -0.4 is 10.6 Å². The molecule has 0 spiro atoms. The Labute approximate surface area is 128 Å². The Balaban J connectivity index is 2.17. The van der Waals surface area contributed by atoms with Crippen LogP contribution >= 0.6 is 11.6 Å². The van der Waals surface area contributed by atoms with E-state index < -0.39 is 0 Å². The first-order valence-corrected chi connectivity index (χ1v) is 6.96. The zero-order chi connectivity index (χ0) is 15.2. The minimum atomic E-state index is -0.291. The summed E-state index contributed by atoms with van der Waals surface area (Å²) in [4.78, 5) is 23.4. The minimum absolute atomic E-state index is 0.112. The summed E-state index contributed by atoms with van der Waals surface area (Å²) in [5, 5.41) is 5.48. The smallest absolute Gasteiger partial charge is 0.255 e. The van der Waals surface area contributed by atoms with Gasteiger partial charge in [-0.2, -0.15) is 0 Å². The van der Waals surface area contributed by atoms with Gasteiger partial charge >= 0.3 is 0 Å². The van der Waals surface area contributed by atoms with Crippen LogP contribution in [0.2, 0.25) is 0 Å². The highest BCUT2D eigenvalue weighted by atomic mass is 35.5. The van der Waals surface area contributed by atoms with Crippen molar-refractivity contribution < 1.29 is 9.59 Å². The third-order valence-electron chi connectivity index (χ3n) is 2.93. The Kier molecular flexibility index (Phi) is 4.95. The largest absolute Gasteiger partial charge is 0.325 e. The summed E-state index contributed by atoms with van der Waals surface area (Å²) >= 11 is 5.46. The highest BCUT2D eigenvalue weighted by Crippen LogP contribution is 2.21. The molecule has 0 heterocycles. The third kappa shape index (κ3) is 4.07. The Morgan fingerprint density at radius 2 is 1.76 bits per heavy atom. The number of hydrogen-bond acceptors (Lipinski definition) is 2. The van der Waals surface area contributed by atoms with Crippen LogP contribution in [0.15, 0.2) is 48.5 Å². The van der Waals surface area contributed by atoms with Crippen molar-refractivity contribution in [3.63, 3.8) is 0 Å². The van der Waals surface area contributed by atoms with Crippen molar-refractivity contribution in [2.45, 2.75) is 6.92 Å². The molecule has 0 aromatic heterocycles. The Hall–Kier alpha value is -2.33. The highest BCUT2D eigenvalue weighted by molar-refractivity contribution is 6.29. The van der Waals surface area contributed by atoms with Gasteiger partial charge in [-0.25, -0.2) is 0 Å². The number of amides is 2. The first-order chi connectivity index (χ1) is 10.1. The van der Waals surface area contributed by atoms with Crippen LogP contribution in [0.3, 0.4) is 0 Å². The van der Waals surface area contributed by atoms with Crippen molar-refractivity contribution in [2.24, 2.45) is 0 Å². The normalized spacial score (nSPS) is 10.0. The maximum absolute atomic E-state index is 12.1. The van der Waals surface area contributed by atoms with Crippen LogP contribution in [0.1, 0.15) is 15.9 Å². The Bertz CT molecular complexity index is 657. The monoisotopic (exact) mass is 302 g/mol. The number of carbonyl (C=O) groups excluding carboxylic acids is 2. The first kappa shape index (κ1) is 15.1. The van der Waals surface area contributed by atoms with E-state index in [1.165, 1.54) is 0 Å². The molecule has 0 saturated carbocycles. The Morgan fingerprint density at radius 1 is 1.05 bits per heavy atom. The maximum Gasteiger partial charge on any atom is 0.255 e. The van der Waals surface area contributed by atoms with Crippen molar-refractivity contribution in [3.8, 4) is 0 Å². The second-order valence-electron chi connectivity index (χ2n) is 4.53. The fourth-order valence-corrected chi connectivity index (χ4v) is 1.88. The molecular weight excluding hydrogens is 288 g/mol. The van der Waals surface area contributed by atoms with Gasteiger partial charge in [0.2, 0.25) is 5.91 Å². The van der Waals surface area contributed by atoms with Crippen molar-refractivity contribution in [2.75, 3.05) is 16.5 Å². The molecule has 0 atom stereocenters. The average Bonchev–Trinajstić information content (AvgIpc) is 2.51. The van der Waals surface area contributed by atoms with Crippen LogP contribution in [-0.2, 0) is 4.79 Å². The molecule has 2 rings (SSSR count). The van der Waals surface area contributed by atoms with Crippen molar-refractivity contribution in [1.29, 1.82) is 0 Å². The average molecular weight is 303 g/mol. The van der Waals surface area contributed by atoms with E-state index in [4.69, 9.17) is 11.6 Å². The van der Waals surface area contributed by atoms with Gasteiger partial charge in [-0.15, -0.1) is 11.6 Å². The molecule has 2 amide bonds. The first-order valence-electron chi connectivity index (χ1n) is 6.43. The zero-order valence-corrected chi connectivity index (χ0v) is 12.3. The molecule has 2 N–H and O–H groups in total. The van der Waals surface area contributed by atoms with Crippen LogP contribution in [0, 0.1) is 6.92 Å². The number of hydrogen-bond donors (Lipinski definition) is 2. The molecular formula is C16H15ClN2O2. The predicted molar refractivity (Wildman–Crippen MR) is 84.9 cm³/mol. The SMILES string of the molecule is Cc1ccc(NC(=O)CCl)cc1NC(=O)c1ccccc1. The number of halogens is 1. The van der Waals surface area contributed by atoms with Crippen LogP contribution in [0.25, 0.3) is 0 Å².